The van der Waals surface area contributed by atoms with Crippen LogP contribution in [0.4, 0.5) is 0 Å². The highest BCUT2D eigenvalue weighted by Gasteiger charge is 2.16. The summed E-state index contributed by atoms with van der Waals surface area (Å²) in [6, 6.07) is 14.8. The second-order valence-corrected chi connectivity index (χ2v) is 8.43. The van der Waals surface area contributed by atoms with Crippen LogP contribution in [0.15, 0.2) is 53.7 Å². The molecule has 0 aliphatic heterocycles. The van der Waals surface area contributed by atoms with Gasteiger partial charge in [-0.1, -0.05) is 30.8 Å². The average Bonchev–Trinajstić information content (AvgIpc) is 3.15. The number of rotatable bonds is 11. The predicted molar refractivity (Wildman–Crippen MR) is 126 cm³/mol. The second kappa shape index (κ2) is 11.6. The number of methoxy groups -OCH3 is 1. The maximum absolute atomic E-state index is 12.4. The molecule has 0 radical (unpaired) electrons. The van der Waals surface area contributed by atoms with Crippen LogP contribution in [0.25, 0.3) is 11.0 Å². The first kappa shape index (κ1) is 23.7. The third-order valence-corrected chi connectivity index (χ3v) is 6.07. The van der Waals surface area contributed by atoms with E-state index in [1.54, 1.807) is 43.1 Å². The summed E-state index contributed by atoms with van der Waals surface area (Å²) in [6.45, 7) is 4.55. The van der Waals surface area contributed by atoms with Crippen LogP contribution in [0, 0.1) is 0 Å². The number of nitrogens with one attached hydrogen (secondary N) is 1. The smallest absolute Gasteiger partial charge is 0.326 e. The van der Waals surface area contributed by atoms with Crippen LogP contribution in [0.3, 0.4) is 0 Å². The summed E-state index contributed by atoms with van der Waals surface area (Å²) >= 11 is 1.57. The maximum atomic E-state index is 12.4. The van der Waals surface area contributed by atoms with E-state index in [2.05, 4.69) is 10.3 Å². The predicted octanol–water partition coefficient (Wildman–Crippen LogP) is 4.30. The fourth-order valence-corrected chi connectivity index (χ4v) is 4.03. The number of esters is 1. The zero-order chi connectivity index (χ0) is 22.9. The van der Waals surface area contributed by atoms with Gasteiger partial charge in [0.25, 0.3) is 5.91 Å². The highest BCUT2D eigenvalue weighted by Crippen LogP contribution is 2.24. The third kappa shape index (κ3) is 6.26. The Bertz CT molecular complexity index is 1050. The van der Waals surface area contributed by atoms with E-state index in [0.717, 1.165) is 34.8 Å². The largest absolute Gasteiger partial charge is 0.497 e. The summed E-state index contributed by atoms with van der Waals surface area (Å²) in [7, 11) is 1.59. The van der Waals surface area contributed by atoms with Crippen LogP contribution in [0.2, 0.25) is 0 Å². The minimum absolute atomic E-state index is 0.109. The summed E-state index contributed by atoms with van der Waals surface area (Å²) in [5.74, 6) is 1.09. The first-order valence-corrected chi connectivity index (χ1v) is 11.7. The van der Waals surface area contributed by atoms with E-state index in [1.807, 2.05) is 42.7 Å². The van der Waals surface area contributed by atoms with E-state index in [0.29, 0.717) is 17.9 Å². The molecule has 0 aliphatic rings. The molecular weight excluding hydrogens is 426 g/mol. The van der Waals surface area contributed by atoms with Crippen LogP contribution in [-0.4, -0.2) is 46.9 Å². The van der Waals surface area contributed by atoms with Gasteiger partial charge in [0.1, 0.15) is 12.3 Å². The summed E-state index contributed by atoms with van der Waals surface area (Å²) in [5.41, 5.74) is 2.35. The number of hydrogen-bond acceptors (Lipinski definition) is 6. The van der Waals surface area contributed by atoms with E-state index < -0.39 is 0 Å². The number of ether oxygens (including phenoxy) is 2. The number of thioether (sulfide) groups is 1. The molecule has 2 aromatic carbocycles. The van der Waals surface area contributed by atoms with E-state index in [-0.39, 0.29) is 24.5 Å². The molecule has 170 valence electrons. The zero-order valence-corrected chi connectivity index (χ0v) is 19.5. The molecule has 8 heteroatoms. The summed E-state index contributed by atoms with van der Waals surface area (Å²) in [4.78, 5) is 29.3. The molecule has 1 amide bonds. The zero-order valence-electron chi connectivity index (χ0n) is 18.7. The molecule has 0 fully saturated rings. The lowest BCUT2D eigenvalue weighted by Crippen LogP contribution is -2.24. The molecule has 0 bridgehead atoms. The Hall–Kier alpha value is -3.00. The van der Waals surface area contributed by atoms with Gasteiger partial charge in [-0.15, -0.1) is 0 Å². The molecule has 1 heterocycles. The van der Waals surface area contributed by atoms with E-state index >= 15 is 0 Å². The fraction of sp³-hybridized carbons (Fsp3) is 0.375. The number of nitrogens with zero attached hydrogens (tertiary/aromatic N) is 2. The van der Waals surface area contributed by atoms with Crippen molar-refractivity contribution in [1.82, 2.24) is 14.9 Å². The fourth-order valence-electron chi connectivity index (χ4n) is 3.07. The number of imidazole rings is 1. The van der Waals surface area contributed by atoms with Gasteiger partial charge in [0, 0.05) is 17.9 Å². The molecule has 0 saturated carbocycles. The first-order valence-electron chi connectivity index (χ1n) is 10.7. The number of carbonyl (C=O) groups is 2. The lowest BCUT2D eigenvalue weighted by atomic mass is 10.2. The van der Waals surface area contributed by atoms with Gasteiger partial charge in [-0.25, -0.2) is 4.98 Å². The van der Waals surface area contributed by atoms with Crippen molar-refractivity contribution in [3.05, 3.63) is 54.1 Å². The number of fused-ring (bicyclic) bond motifs is 1. The molecule has 1 N–H and O–H groups in total. The first-order chi connectivity index (χ1) is 15.5. The van der Waals surface area contributed by atoms with Gasteiger partial charge in [0.2, 0.25) is 0 Å². The second-order valence-electron chi connectivity index (χ2n) is 7.36. The molecule has 0 aliphatic carbocycles. The molecule has 7 nitrogen and oxygen atoms in total. The lowest BCUT2D eigenvalue weighted by molar-refractivity contribution is -0.149. The van der Waals surface area contributed by atoms with Crippen molar-refractivity contribution < 1.29 is 19.1 Å². The third-order valence-electron chi connectivity index (χ3n) is 5.00. The van der Waals surface area contributed by atoms with E-state index in [4.69, 9.17) is 9.47 Å². The van der Waals surface area contributed by atoms with Crippen LogP contribution in [0.1, 0.15) is 37.0 Å². The number of para-hydroxylation sites is 2. The van der Waals surface area contributed by atoms with Crippen LogP contribution >= 0.6 is 11.8 Å². The SMILES string of the molecule is CCC(C)OC(=O)Cn1c(SCCCNC(=O)c2ccc(OC)cc2)nc2ccccc21. The maximum Gasteiger partial charge on any atom is 0.326 e. The van der Waals surface area contributed by atoms with Crippen molar-refractivity contribution in [2.75, 3.05) is 19.4 Å². The molecule has 0 spiro atoms. The van der Waals surface area contributed by atoms with Gasteiger partial charge in [-0.2, -0.15) is 0 Å². The van der Waals surface area contributed by atoms with Gasteiger partial charge < -0.3 is 19.4 Å². The highest BCUT2D eigenvalue weighted by atomic mass is 32.2. The minimum atomic E-state index is -0.267. The number of carbonyl (C=O) groups excluding carboxylic acids is 2. The van der Waals surface area contributed by atoms with Gasteiger partial charge in [0.05, 0.1) is 24.2 Å². The van der Waals surface area contributed by atoms with Gasteiger partial charge in [0.15, 0.2) is 5.16 Å². The van der Waals surface area contributed by atoms with Crippen molar-refractivity contribution in [2.24, 2.45) is 0 Å². The van der Waals surface area contributed by atoms with E-state index in [9.17, 15) is 9.59 Å². The summed E-state index contributed by atoms with van der Waals surface area (Å²) in [5, 5.41) is 3.70. The van der Waals surface area contributed by atoms with Crippen LogP contribution < -0.4 is 10.1 Å². The molecule has 0 saturated heterocycles. The van der Waals surface area contributed by atoms with Crippen LogP contribution in [0.5, 0.6) is 5.75 Å². The van der Waals surface area contributed by atoms with Crippen molar-refractivity contribution in [3.63, 3.8) is 0 Å². The number of hydrogen-bond donors (Lipinski definition) is 1. The number of amides is 1. The Kier molecular flexibility index (Phi) is 8.56. The standard InChI is InChI=1S/C24H29N3O4S/c1-4-17(2)31-22(28)16-27-21-9-6-5-8-20(21)26-24(27)32-15-7-14-25-23(29)18-10-12-19(30-3)13-11-18/h5-6,8-13,17H,4,7,14-16H2,1-3H3,(H,25,29). The molecule has 32 heavy (non-hydrogen) atoms. The van der Waals surface area contributed by atoms with Gasteiger partial charge >= 0.3 is 5.97 Å². The molecule has 1 unspecified atom stereocenters. The van der Waals surface area contributed by atoms with Gasteiger partial charge in [-0.05, 0) is 56.2 Å². The number of benzene rings is 2. The Morgan fingerprint density at radius 1 is 1.16 bits per heavy atom. The van der Waals surface area contributed by atoms with Crippen LogP contribution in [-0.2, 0) is 16.1 Å². The quantitative estimate of drug-likeness (QED) is 0.264. The summed E-state index contributed by atoms with van der Waals surface area (Å²) < 4.78 is 12.5. The van der Waals surface area contributed by atoms with Crippen molar-refractivity contribution in [1.29, 1.82) is 0 Å². The molecule has 1 atom stereocenters. The number of aromatic nitrogens is 2. The molecular formula is C24H29N3O4S. The minimum Gasteiger partial charge on any atom is -0.497 e. The van der Waals surface area contributed by atoms with E-state index in [1.165, 1.54) is 0 Å². The molecule has 1 aromatic heterocycles. The Morgan fingerprint density at radius 3 is 2.62 bits per heavy atom. The Balaban J connectivity index is 1.55. The lowest BCUT2D eigenvalue weighted by Gasteiger charge is -2.13. The Morgan fingerprint density at radius 2 is 1.91 bits per heavy atom. The molecule has 3 aromatic rings. The Labute approximate surface area is 192 Å². The van der Waals surface area contributed by atoms with Crippen molar-refractivity contribution in [3.8, 4) is 5.75 Å². The van der Waals surface area contributed by atoms with Gasteiger partial charge in [-0.3, -0.25) is 9.59 Å². The van der Waals surface area contributed by atoms with Crippen molar-refractivity contribution >= 4 is 34.7 Å². The monoisotopic (exact) mass is 455 g/mol. The normalized spacial score (nSPS) is 11.8. The highest BCUT2D eigenvalue weighted by molar-refractivity contribution is 7.99. The van der Waals surface area contributed by atoms with Crippen molar-refractivity contribution in [2.45, 2.75) is 44.5 Å². The molecule has 3 rings (SSSR count). The average molecular weight is 456 g/mol. The topological polar surface area (TPSA) is 82.5 Å². The summed E-state index contributed by atoms with van der Waals surface area (Å²) in [6.07, 6.45) is 1.44.